The van der Waals surface area contributed by atoms with Crippen molar-refractivity contribution in [3.8, 4) is 11.3 Å². The Balaban J connectivity index is 2.53. The topological polar surface area (TPSA) is 92.4 Å². The number of hydrogen-bond acceptors (Lipinski definition) is 4. The fourth-order valence-electron chi connectivity index (χ4n) is 2.05. The maximum absolute atomic E-state index is 11.2. The second-order valence-electron chi connectivity index (χ2n) is 4.51. The summed E-state index contributed by atoms with van der Waals surface area (Å²) in [6.07, 6.45) is 0. The number of carbonyl (C=O) groups excluding carboxylic acids is 1. The molecule has 2 rings (SSSR count). The van der Waals surface area contributed by atoms with Gasteiger partial charge < -0.3 is 14.9 Å². The van der Waals surface area contributed by atoms with Gasteiger partial charge in [0.1, 0.15) is 5.69 Å². The Hall–Kier alpha value is -2.34. The molecule has 0 aliphatic rings. The molecular weight excluding hydrogens is 296 g/mol. The summed E-state index contributed by atoms with van der Waals surface area (Å²) in [6.45, 7) is 3.02. The summed E-state index contributed by atoms with van der Waals surface area (Å²) < 4.78 is 4.91. The van der Waals surface area contributed by atoms with Gasteiger partial charge in [0.25, 0.3) is 0 Å². The van der Waals surface area contributed by atoms with Crippen molar-refractivity contribution in [2.45, 2.75) is 19.9 Å². The average molecular weight is 309 g/mol. The molecule has 0 saturated heterocycles. The van der Waals surface area contributed by atoms with Crippen molar-refractivity contribution in [3.05, 3.63) is 40.6 Å². The summed E-state index contributed by atoms with van der Waals surface area (Å²) in [5, 5.41) is 16.2. The molecule has 0 spiro atoms. The lowest BCUT2D eigenvalue weighted by molar-refractivity contribution is -0.119. The van der Waals surface area contributed by atoms with Crippen LogP contribution in [0.25, 0.3) is 11.3 Å². The summed E-state index contributed by atoms with van der Waals surface area (Å²) in [7, 11) is 0. The molecule has 0 radical (unpaired) electrons. The first-order valence-corrected chi connectivity index (χ1v) is 6.54. The van der Waals surface area contributed by atoms with Crippen molar-refractivity contribution in [2.75, 3.05) is 0 Å². The first kappa shape index (κ1) is 15.1. The Labute approximate surface area is 125 Å². The van der Waals surface area contributed by atoms with Crippen LogP contribution in [-0.4, -0.2) is 22.1 Å². The molecule has 7 heteroatoms. The van der Waals surface area contributed by atoms with Crippen molar-refractivity contribution in [1.82, 2.24) is 10.5 Å². The van der Waals surface area contributed by atoms with Crippen LogP contribution in [0.5, 0.6) is 0 Å². The van der Waals surface area contributed by atoms with Crippen molar-refractivity contribution in [2.24, 2.45) is 0 Å². The number of aromatic nitrogens is 1. The molecule has 0 aliphatic carbocycles. The van der Waals surface area contributed by atoms with Gasteiger partial charge in [-0.2, -0.15) is 0 Å². The maximum Gasteiger partial charge on any atom is 0.375 e. The molecule has 1 amide bonds. The van der Waals surface area contributed by atoms with Crippen LogP contribution in [0.15, 0.2) is 28.8 Å². The number of halogens is 1. The number of nitrogens with zero attached hydrogens (tertiary/aromatic N) is 1. The number of carboxylic acids is 1. The second-order valence-corrected chi connectivity index (χ2v) is 4.94. The number of nitrogens with one attached hydrogen (secondary N) is 1. The van der Waals surface area contributed by atoms with Gasteiger partial charge in [-0.05, 0) is 19.1 Å². The third-order valence-corrected chi connectivity index (χ3v) is 3.14. The molecule has 0 aliphatic heterocycles. The van der Waals surface area contributed by atoms with Gasteiger partial charge in [0, 0.05) is 17.5 Å². The van der Waals surface area contributed by atoms with Crippen molar-refractivity contribution in [1.29, 1.82) is 0 Å². The van der Waals surface area contributed by atoms with E-state index in [0.29, 0.717) is 21.8 Å². The molecule has 21 heavy (non-hydrogen) atoms. The molecule has 1 aromatic carbocycles. The number of hydrogen-bond donors (Lipinski definition) is 2. The maximum atomic E-state index is 11.2. The van der Waals surface area contributed by atoms with E-state index in [1.165, 1.54) is 6.92 Å². The second kappa shape index (κ2) is 5.97. The monoisotopic (exact) mass is 308 g/mol. The number of amides is 1. The van der Waals surface area contributed by atoms with Crippen molar-refractivity contribution < 1.29 is 19.2 Å². The number of rotatable bonds is 4. The van der Waals surface area contributed by atoms with Crippen LogP contribution >= 0.6 is 11.6 Å². The molecule has 1 aromatic heterocycles. The lowest BCUT2D eigenvalue weighted by Gasteiger charge is -2.12. The highest BCUT2D eigenvalue weighted by Crippen LogP contribution is 2.31. The highest BCUT2D eigenvalue weighted by molar-refractivity contribution is 6.30. The van der Waals surface area contributed by atoms with E-state index in [1.54, 1.807) is 31.2 Å². The highest BCUT2D eigenvalue weighted by atomic mass is 35.5. The van der Waals surface area contributed by atoms with E-state index in [2.05, 4.69) is 10.5 Å². The highest BCUT2D eigenvalue weighted by Gasteiger charge is 2.27. The van der Waals surface area contributed by atoms with Crippen LogP contribution in [-0.2, 0) is 4.79 Å². The zero-order valence-corrected chi connectivity index (χ0v) is 12.1. The summed E-state index contributed by atoms with van der Waals surface area (Å²) in [5.74, 6) is -1.81. The smallest absolute Gasteiger partial charge is 0.375 e. The van der Waals surface area contributed by atoms with Gasteiger partial charge in [0.15, 0.2) is 0 Å². The minimum absolute atomic E-state index is 0.276. The van der Waals surface area contributed by atoms with E-state index in [9.17, 15) is 14.7 Å². The lowest BCUT2D eigenvalue weighted by Crippen LogP contribution is -2.25. The molecule has 1 unspecified atom stereocenters. The fraction of sp³-hybridized carbons (Fsp3) is 0.214. The average Bonchev–Trinajstić information content (AvgIpc) is 2.83. The molecule has 0 bridgehead atoms. The van der Waals surface area contributed by atoms with Gasteiger partial charge in [-0.25, -0.2) is 4.79 Å². The zero-order valence-electron chi connectivity index (χ0n) is 11.4. The number of benzene rings is 1. The SMILES string of the molecule is CC(=O)NC(C)c1c(-c2ccc(Cl)cc2)noc1C(=O)O. The van der Waals surface area contributed by atoms with Gasteiger partial charge in [-0.1, -0.05) is 28.9 Å². The number of carbonyl (C=O) groups is 2. The minimum Gasteiger partial charge on any atom is -0.475 e. The fourth-order valence-corrected chi connectivity index (χ4v) is 2.17. The Kier molecular flexibility index (Phi) is 4.28. The first-order chi connectivity index (χ1) is 9.90. The van der Waals surface area contributed by atoms with E-state index < -0.39 is 12.0 Å². The molecule has 0 saturated carbocycles. The molecule has 0 fully saturated rings. The minimum atomic E-state index is -1.24. The van der Waals surface area contributed by atoms with Crippen LogP contribution in [0.1, 0.15) is 36.0 Å². The Bertz CT molecular complexity index is 679. The van der Waals surface area contributed by atoms with Crippen LogP contribution in [0.3, 0.4) is 0 Å². The van der Waals surface area contributed by atoms with Crippen LogP contribution in [0, 0.1) is 0 Å². The van der Waals surface area contributed by atoms with Crippen molar-refractivity contribution >= 4 is 23.5 Å². The van der Waals surface area contributed by atoms with Gasteiger partial charge in [-0.3, -0.25) is 4.79 Å². The van der Waals surface area contributed by atoms with Gasteiger partial charge in [0.2, 0.25) is 11.7 Å². The van der Waals surface area contributed by atoms with Crippen LogP contribution in [0.4, 0.5) is 0 Å². The summed E-state index contributed by atoms with van der Waals surface area (Å²) in [4.78, 5) is 22.4. The summed E-state index contributed by atoms with van der Waals surface area (Å²) >= 11 is 5.83. The Morgan fingerprint density at radius 3 is 2.48 bits per heavy atom. The number of aromatic carboxylic acids is 1. The summed E-state index contributed by atoms with van der Waals surface area (Å²) in [5.41, 5.74) is 1.34. The quantitative estimate of drug-likeness (QED) is 0.906. The largest absolute Gasteiger partial charge is 0.475 e. The molecule has 2 aromatic rings. The predicted molar refractivity (Wildman–Crippen MR) is 76.1 cm³/mol. The first-order valence-electron chi connectivity index (χ1n) is 6.16. The van der Waals surface area contributed by atoms with Gasteiger partial charge in [0.05, 0.1) is 11.6 Å². The predicted octanol–water partition coefficient (Wildman–Crippen LogP) is 2.89. The normalized spacial score (nSPS) is 12.0. The van der Waals surface area contributed by atoms with Crippen LogP contribution < -0.4 is 5.32 Å². The zero-order chi connectivity index (χ0) is 15.6. The Morgan fingerprint density at radius 1 is 1.33 bits per heavy atom. The van der Waals surface area contributed by atoms with E-state index >= 15 is 0 Å². The Morgan fingerprint density at radius 2 is 1.95 bits per heavy atom. The molecule has 110 valence electrons. The lowest BCUT2D eigenvalue weighted by atomic mass is 10.0. The molecule has 2 N–H and O–H groups in total. The standard InChI is InChI=1S/C14H13ClN2O4/c1-7(16-8(2)18)11-12(17-21-13(11)14(19)20)9-3-5-10(15)6-4-9/h3-7H,1-2H3,(H,16,18)(H,19,20). The summed E-state index contributed by atoms with van der Waals surface area (Å²) in [6, 6.07) is 6.19. The van der Waals surface area contributed by atoms with E-state index in [4.69, 9.17) is 16.1 Å². The van der Waals surface area contributed by atoms with E-state index in [0.717, 1.165) is 0 Å². The van der Waals surface area contributed by atoms with E-state index in [1.807, 2.05) is 0 Å². The third kappa shape index (κ3) is 3.22. The number of carboxylic acid groups (broad SMARTS) is 1. The van der Waals surface area contributed by atoms with Gasteiger partial charge >= 0.3 is 5.97 Å². The van der Waals surface area contributed by atoms with Crippen molar-refractivity contribution in [3.63, 3.8) is 0 Å². The van der Waals surface area contributed by atoms with Gasteiger partial charge in [-0.15, -0.1) is 0 Å². The van der Waals surface area contributed by atoms with E-state index in [-0.39, 0.29) is 11.7 Å². The third-order valence-electron chi connectivity index (χ3n) is 2.89. The molecule has 1 heterocycles. The van der Waals surface area contributed by atoms with Crippen LogP contribution in [0.2, 0.25) is 5.02 Å². The molecule has 1 atom stereocenters. The molecular formula is C14H13ClN2O4. The molecule has 6 nitrogen and oxygen atoms in total.